The van der Waals surface area contributed by atoms with Crippen molar-refractivity contribution in [3.05, 3.63) is 0 Å². The van der Waals surface area contributed by atoms with E-state index in [1.165, 1.54) is 0 Å². The first kappa shape index (κ1) is 13.4. The number of aliphatic carboxylic acids is 1. The summed E-state index contributed by atoms with van der Waals surface area (Å²) in [6.07, 6.45) is -0.283. The largest absolute Gasteiger partial charge is 0.481 e. The molecule has 16 heavy (non-hydrogen) atoms. The van der Waals surface area contributed by atoms with Crippen LogP contribution in [0.3, 0.4) is 0 Å². The lowest BCUT2D eigenvalue weighted by Gasteiger charge is -2.27. The molecule has 0 amide bonds. The van der Waals surface area contributed by atoms with Crippen LogP contribution in [-0.2, 0) is 9.53 Å². The van der Waals surface area contributed by atoms with E-state index in [0.717, 1.165) is 0 Å². The average molecular weight is 233 g/mol. The molecule has 2 atom stereocenters. The molecule has 1 heterocycles. The number of carbonyl (C=O) groups is 1. The van der Waals surface area contributed by atoms with Gasteiger partial charge in [-0.1, -0.05) is 0 Å². The number of ether oxygens (including phenoxy) is 1. The topological polar surface area (TPSA) is 49.8 Å². The number of hydrogen-bond donors (Lipinski definition) is 1. The lowest BCUT2D eigenvalue weighted by atomic mass is 10.2. The van der Waals surface area contributed by atoms with Crippen molar-refractivity contribution in [2.24, 2.45) is 0 Å². The third kappa shape index (κ3) is 4.06. The number of hydrogen-bond acceptors (Lipinski definition) is 3. The number of nitrogens with zero attached hydrogens (tertiary/aromatic N) is 1. The number of carboxylic acid groups (broad SMARTS) is 1. The highest BCUT2D eigenvalue weighted by atomic mass is 19.1. The van der Waals surface area contributed by atoms with Crippen LogP contribution in [0.1, 0.15) is 26.7 Å². The van der Waals surface area contributed by atoms with E-state index in [0.29, 0.717) is 25.6 Å². The summed E-state index contributed by atoms with van der Waals surface area (Å²) < 4.78 is 18.5. The Bertz CT molecular complexity index is 235. The maximum Gasteiger partial charge on any atom is 0.305 e. The SMILES string of the molecule is CC(C)N1C[C@H](F)C[C@H]1COCCC(=O)O. The molecule has 1 N–H and O–H groups in total. The molecular weight excluding hydrogens is 213 g/mol. The van der Waals surface area contributed by atoms with Gasteiger partial charge in [0.25, 0.3) is 0 Å². The van der Waals surface area contributed by atoms with Crippen molar-refractivity contribution < 1.29 is 19.0 Å². The molecule has 1 saturated heterocycles. The van der Waals surface area contributed by atoms with Gasteiger partial charge in [0, 0.05) is 18.6 Å². The summed E-state index contributed by atoms with van der Waals surface area (Å²) in [5.74, 6) is -0.865. The highest BCUT2D eigenvalue weighted by molar-refractivity contribution is 5.66. The highest BCUT2D eigenvalue weighted by Crippen LogP contribution is 2.22. The fraction of sp³-hybridized carbons (Fsp3) is 0.909. The Morgan fingerprint density at radius 3 is 2.88 bits per heavy atom. The maximum atomic E-state index is 13.2. The van der Waals surface area contributed by atoms with Gasteiger partial charge in [-0.25, -0.2) is 4.39 Å². The molecule has 1 aliphatic heterocycles. The molecule has 0 aliphatic carbocycles. The van der Waals surface area contributed by atoms with Crippen molar-refractivity contribution in [1.29, 1.82) is 0 Å². The first-order valence-corrected chi connectivity index (χ1v) is 5.70. The number of halogens is 1. The number of alkyl halides is 1. The summed E-state index contributed by atoms with van der Waals surface area (Å²) in [5.41, 5.74) is 0. The Labute approximate surface area is 95.4 Å². The zero-order valence-electron chi connectivity index (χ0n) is 9.86. The van der Waals surface area contributed by atoms with E-state index in [4.69, 9.17) is 9.84 Å². The molecular formula is C11H20FNO3. The van der Waals surface area contributed by atoms with E-state index in [9.17, 15) is 9.18 Å². The Kier molecular flexibility index (Phi) is 5.15. The number of rotatable bonds is 6. The molecule has 1 rings (SSSR count). The van der Waals surface area contributed by atoms with Crippen molar-refractivity contribution in [2.75, 3.05) is 19.8 Å². The second kappa shape index (κ2) is 6.15. The predicted octanol–water partition coefficient (Wildman–Crippen LogP) is 1.30. The zero-order chi connectivity index (χ0) is 12.1. The fourth-order valence-corrected chi connectivity index (χ4v) is 2.06. The van der Waals surface area contributed by atoms with Gasteiger partial charge in [-0.15, -0.1) is 0 Å². The van der Waals surface area contributed by atoms with Crippen LogP contribution in [0.25, 0.3) is 0 Å². The quantitative estimate of drug-likeness (QED) is 0.702. The summed E-state index contributed by atoms with van der Waals surface area (Å²) in [4.78, 5) is 12.3. The normalized spacial score (nSPS) is 26.5. The molecule has 5 heteroatoms. The molecule has 0 unspecified atom stereocenters. The highest BCUT2D eigenvalue weighted by Gasteiger charge is 2.33. The third-order valence-electron chi connectivity index (χ3n) is 2.84. The molecule has 1 fully saturated rings. The van der Waals surface area contributed by atoms with Crippen LogP contribution in [0.2, 0.25) is 0 Å². The second-order valence-electron chi connectivity index (χ2n) is 4.50. The van der Waals surface area contributed by atoms with Gasteiger partial charge in [0.2, 0.25) is 0 Å². The first-order chi connectivity index (χ1) is 7.50. The van der Waals surface area contributed by atoms with Crippen LogP contribution in [0.5, 0.6) is 0 Å². The van der Waals surface area contributed by atoms with Gasteiger partial charge in [0.15, 0.2) is 0 Å². The van der Waals surface area contributed by atoms with Crippen molar-refractivity contribution >= 4 is 5.97 Å². The average Bonchev–Trinajstić information content (AvgIpc) is 2.54. The molecule has 0 aromatic carbocycles. The summed E-state index contributed by atoms with van der Waals surface area (Å²) >= 11 is 0. The molecule has 0 radical (unpaired) electrons. The molecule has 0 bridgehead atoms. The van der Waals surface area contributed by atoms with Crippen LogP contribution in [-0.4, -0.2) is 54.0 Å². The van der Waals surface area contributed by atoms with Crippen LogP contribution in [0.15, 0.2) is 0 Å². The zero-order valence-corrected chi connectivity index (χ0v) is 9.86. The molecule has 4 nitrogen and oxygen atoms in total. The van der Waals surface area contributed by atoms with Gasteiger partial charge in [0.1, 0.15) is 6.17 Å². The van der Waals surface area contributed by atoms with Gasteiger partial charge >= 0.3 is 5.97 Å². The standard InChI is InChI=1S/C11H20FNO3/c1-8(2)13-6-9(12)5-10(13)7-16-4-3-11(14)15/h8-10H,3-7H2,1-2H3,(H,14,15)/t9-,10+/m1/s1. The fourth-order valence-electron chi connectivity index (χ4n) is 2.06. The minimum atomic E-state index is -0.865. The Morgan fingerprint density at radius 1 is 1.62 bits per heavy atom. The smallest absolute Gasteiger partial charge is 0.305 e. The summed E-state index contributed by atoms with van der Waals surface area (Å²) in [6.45, 7) is 5.15. The van der Waals surface area contributed by atoms with Crippen LogP contribution in [0.4, 0.5) is 4.39 Å². The van der Waals surface area contributed by atoms with Crippen molar-refractivity contribution in [3.63, 3.8) is 0 Å². The Morgan fingerprint density at radius 2 is 2.31 bits per heavy atom. The van der Waals surface area contributed by atoms with Crippen LogP contribution >= 0.6 is 0 Å². The molecule has 0 aromatic heterocycles. The predicted molar refractivity (Wildman–Crippen MR) is 58.2 cm³/mol. The van der Waals surface area contributed by atoms with Gasteiger partial charge in [-0.2, -0.15) is 0 Å². The van der Waals surface area contributed by atoms with E-state index in [-0.39, 0.29) is 19.1 Å². The van der Waals surface area contributed by atoms with E-state index in [1.54, 1.807) is 0 Å². The molecule has 0 aromatic rings. The van der Waals surface area contributed by atoms with Gasteiger partial charge in [-0.3, -0.25) is 9.69 Å². The van der Waals surface area contributed by atoms with Crippen molar-refractivity contribution in [3.8, 4) is 0 Å². The molecule has 1 aliphatic rings. The summed E-state index contributed by atoms with van der Waals surface area (Å²) in [7, 11) is 0. The second-order valence-corrected chi connectivity index (χ2v) is 4.50. The Hall–Kier alpha value is -0.680. The third-order valence-corrected chi connectivity index (χ3v) is 2.84. The van der Waals surface area contributed by atoms with Crippen LogP contribution in [0, 0.1) is 0 Å². The summed E-state index contributed by atoms with van der Waals surface area (Å²) in [6, 6.07) is 0.387. The molecule has 94 valence electrons. The summed E-state index contributed by atoms with van der Waals surface area (Å²) in [5, 5.41) is 8.44. The Balaban J connectivity index is 2.26. The minimum absolute atomic E-state index is 0.00739. The molecule has 0 saturated carbocycles. The van der Waals surface area contributed by atoms with Gasteiger partial charge in [-0.05, 0) is 20.3 Å². The van der Waals surface area contributed by atoms with E-state index < -0.39 is 12.1 Å². The van der Waals surface area contributed by atoms with Crippen LogP contribution < -0.4 is 0 Å². The maximum absolute atomic E-state index is 13.2. The minimum Gasteiger partial charge on any atom is -0.481 e. The first-order valence-electron chi connectivity index (χ1n) is 5.70. The van der Waals surface area contributed by atoms with E-state index in [1.807, 2.05) is 13.8 Å². The lowest BCUT2D eigenvalue weighted by molar-refractivity contribution is -0.138. The monoisotopic (exact) mass is 233 g/mol. The van der Waals surface area contributed by atoms with Gasteiger partial charge in [0.05, 0.1) is 19.6 Å². The van der Waals surface area contributed by atoms with E-state index in [2.05, 4.69) is 4.90 Å². The van der Waals surface area contributed by atoms with Gasteiger partial charge < -0.3 is 9.84 Å². The van der Waals surface area contributed by atoms with E-state index >= 15 is 0 Å². The molecule has 0 spiro atoms. The van der Waals surface area contributed by atoms with Crippen molar-refractivity contribution in [1.82, 2.24) is 4.90 Å². The number of likely N-dealkylation sites (tertiary alicyclic amines) is 1. The number of carboxylic acids is 1. The van der Waals surface area contributed by atoms with Crippen molar-refractivity contribution in [2.45, 2.75) is 44.9 Å². The lowest BCUT2D eigenvalue weighted by Crippen LogP contribution is -2.38.